The molecule has 3 aromatic rings. The Kier molecular flexibility index (Phi) is 6.22. The summed E-state index contributed by atoms with van der Waals surface area (Å²) in [5.41, 5.74) is 1.56. The summed E-state index contributed by atoms with van der Waals surface area (Å²) in [6, 6.07) is 13.9. The first kappa shape index (κ1) is 22.5. The summed E-state index contributed by atoms with van der Waals surface area (Å²) in [7, 11) is 3.00. The molecular formula is C24H20N4O6. The molecule has 0 unspecified atom stereocenters. The molecule has 1 aromatic heterocycles. The molecule has 1 N–H and O–H groups in total. The number of methoxy groups -OCH3 is 2. The zero-order valence-corrected chi connectivity index (χ0v) is 18.3. The Morgan fingerprint density at radius 1 is 0.971 bits per heavy atom. The number of benzene rings is 2. The number of ether oxygens (including phenoxy) is 2. The number of imide groups is 1. The van der Waals surface area contributed by atoms with Gasteiger partial charge in [-0.1, -0.05) is 0 Å². The molecule has 0 aliphatic carbocycles. The third-order valence-corrected chi connectivity index (χ3v) is 5.29. The van der Waals surface area contributed by atoms with Crippen LogP contribution in [0.15, 0.2) is 72.7 Å². The molecule has 0 bridgehead atoms. The van der Waals surface area contributed by atoms with E-state index in [1.165, 1.54) is 38.5 Å². The van der Waals surface area contributed by atoms with E-state index < -0.39 is 16.7 Å². The van der Waals surface area contributed by atoms with Gasteiger partial charge >= 0.3 is 0 Å². The molecule has 0 atom stereocenters. The second kappa shape index (κ2) is 9.41. The maximum atomic E-state index is 13.4. The van der Waals surface area contributed by atoms with Gasteiger partial charge in [0.1, 0.15) is 17.2 Å². The number of nitrogens with zero attached hydrogens (tertiary/aromatic N) is 3. The van der Waals surface area contributed by atoms with E-state index in [1.54, 1.807) is 42.7 Å². The van der Waals surface area contributed by atoms with Gasteiger partial charge in [0.25, 0.3) is 17.5 Å². The van der Waals surface area contributed by atoms with Crippen LogP contribution in [-0.2, 0) is 16.1 Å². The number of non-ortho nitro benzene ring substituents is 1. The van der Waals surface area contributed by atoms with Crippen molar-refractivity contribution in [1.82, 2.24) is 9.88 Å². The molecule has 0 saturated heterocycles. The standard InChI is InChI=1S/C24H20N4O6/c1-33-18-7-8-19(20(13-18)34-2)26-22-21(16-3-5-17(6-4-16)28(31)32)23(29)27(24(22)30)14-15-9-11-25-12-10-15/h3-13,26H,14H2,1-2H3. The van der Waals surface area contributed by atoms with E-state index in [0.29, 0.717) is 22.7 Å². The summed E-state index contributed by atoms with van der Waals surface area (Å²) < 4.78 is 10.6. The number of nitro groups is 1. The molecule has 0 saturated carbocycles. The number of anilines is 1. The first-order valence-corrected chi connectivity index (χ1v) is 10.2. The molecule has 10 heteroatoms. The van der Waals surface area contributed by atoms with Crippen LogP contribution in [-0.4, -0.2) is 40.8 Å². The number of carbonyl (C=O) groups excluding carboxylic acids is 2. The first-order chi connectivity index (χ1) is 16.4. The van der Waals surface area contributed by atoms with Gasteiger partial charge in [-0.25, -0.2) is 0 Å². The van der Waals surface area contributed by atoms with Crippen LogP contribution in [0.3, 0.4) is 0 Å². The van der Waals surface area contributed by atoms with Crippen molar-refractivity contribution in [3.05, 3.63) is 93.9 Å². The molecule has 1 aliphatic rings. The van der Waals surface area contributed by atoms with Gasteiger partial charge in [-0.3, -0.25) is 29.6 Å². The van der Waals surface area contributed by atoms with Gasteiger partial charge in [0.05, 0.1) is 36.9 Å². The Labute approximate surface area is 194 Å². The van der Waals surface area contributed by atoms with E-state index in [0.717, 1.165) is 10.5 Å². The average Bonchev–Trinajstić information content (AvgIpc) is 3.09. The van der Waals surface area contributed by atoms with Gasteiger partial charge in [-0.2, -0.15) is 0 Å². The van der Waals surface area contributed by atoms with Gasteiger partial charge in [-0.05, 0) is 47.5 Å². The molecule has 0 radical (unpaired) electrons. The fourth-order valence-electron chi connectivity index (χ4n) is 3.56. The number of aromatic nitrogens is 1. The summed E-state index contributed by atoms with van der Waals surface area (Å²) in [5, 5.41) is 14.1. The van der Waals surface area contributed by atoms with Gasteiger partial charge in [-0.15, -0.1) is 0 Å². The van der Waals surface area contributed by atoms with E-state index >= 15 is 0 Å². The van der Waals surface area contributed by atoms with Crippen molar-refractivity contribution < 1.29 is 24.0 Å². The van der Waals surface area contributed by atoms with Gasteiger partial charge in [0, 0.05) is 30.6 Å². The lowest BCUT2D eigenvalue weighted by Crippen LogP contribution is -2.32. The van der Waals surface area contributed by atoms with E-state index in [4.69, 9.17) is 9.47 Å². The van der Waals surface area contributed by atoms with Crippen molar-refractivity contribution in [3.63, 3.8) is 0 Å². The summed E-state index contributed by atoms with van der Waals surface area (Å²) in [6.45, 7) is 0.0432. The van der Waals surface area contributed by atoms with E-state index in [1.807, 2.05) is 0 Å². The first-order valence-electron chi connectivity index (χ1n) is 10.2. The minimum absolute atomic E-state index is 0.0383. The van der Waals surface area contributed by atoms with Crippen LogP contribution in [0.25, 0.3) is 5.57 Å². The highest BCUT2D eigenvalue weighted by Gasteiger charge is 2.39. The number of carbonyl (C=O) groups is 2. The predicted molar refractivity (Wildman–Crippen MR) is 123 cm³/mol. The van der Waals surface area contributed by atoms with Gasteiger partial charge in [0.15, 0.2) is 0 Å². The lowest BCUT2D eigenvalue weighted by atomic mass is 10.0. The highest BCUT2D eigenvalue weighted by Crippen LogP contribution is 2.36. The average molecular weight is 460 g/mol. The second-order valence-electron chi connectivity index (χ2n) is 7.30. The SMILES string of the molecule is COc1ccc(NC2=C(c3ccc([N+](=O)[O-])cc3)C(=O)N(Cc3ccncc3)C2=O)c(OC)c1. The van der Waals surface area contributed by atoms with Crippen molar-refractivity contribution in [2.45, 2.75) is 6.54 Å². The van der Waals surface area contributed by atoms with Crippen molar-refractivity contribution in [1.29, 1.82) is 0 Å². The van der Waals surface area contributed by atoms with Crippen molar-refractivity contribution in [2.24, 2.45) is 0 Å². The van der Waals surface area contributed by atoms with Crippen molar-refractivity contribution in [3.8, 4) is 11.5 Å². The zero-order valence-electron chi connectivity index (χ0n) is 18.3. The van der Waals surface area contributed by atoms with Crippen molar-refractivity contribution in [2.75, 3.05) is 19.5 Å². The van der Waals surface area contributed by atoms with Crippen LogP contribution >= 0.6 is 0 Å². The van der Waals surface area contributed by atoms with Crippen LogP contribution in [0, 0.1) is 10.1 Å². The molecule has 4 rings (SSSR count). The number of amides is 2. The molecule has 2 heterocycles. The normalized spacial score (nSPS) is 13.3. The molecular weight excluding hydrogens is 440 g/mol. The molecule has 172 valence electrons. The minimum Gasteiger partial charge on any atom is -0.497 e. The molecule has 0 spiro atoms. The van der Waals surface area contributed by atoms with Crippen LogP contribution in [0.2, 0.25) is 0 Å². The van der Waals surface area contributed by atoms with Crippen LogP contribution < -0.4 is 14.8 Å². The highest BCUT2D eigenvalue weighted by molar-refractivity contribution is 6.36. The zero-order chi connectivity index (χ0) is 24.2. The second-order valence-corrected chi connectivity index (χ2v) is 7.30. The van der Waals surface area contributed by atoms with E-state index in [2.05, 4.69) is 10.3 Å². The largest absolute Gasteiger partial charge is 0.497 e. The summed E-state index contributed by atoms with van der Waals surface area (Å²) in [5.74, 6) is -0.0958. The number of pyridine rings is 1. The summed E-state index contributed by atoms with van der Waals surface area (Å²) >= 11 is 0. The van der Waals surface area contributed by atoms with Crippen LogP contribution in [0.5, 0.6) is 11.5 Å². The molecule has 0 fully saturated rings. The lowest BCUT2D eigenvalue weighted by molar-refractivity contribution is -0.384. The predicted octanol–water partition coefficient (Wildman–Crippen LogP) is 3.40. The Morgan fingerprint density at radius 2 is 1.68 bits per heavy atom. The smallest absolute Gasteiger partial charge is 0.278 e. The van der Waals surface area contributed by atoms with Gasteiger partial charge < -0.3 is 14.8 Å². The number of hydrogen-bond donors (Lipinski definition) is 1. The molecule has 2 amide bonds. The molecule has 10 nitrogen and oxygen atoms in total. The van der Waals surface area contributed by atoms with Crippen LogP contribution in [0.1, 0.15) is 11.1 Å². The number of rotatable bonds is 8. The van der Waals surface area contributed by atoms with E-state index in [-0.39, 0.29) is 23.5 Å². The maximum absolute atomic E-state index is 13.4. The Balaban J connectivity index is 1.77. The Bertz CT molecular complexity index is 1290. The summed E-state index contributed by atoms with van der Waals surface area (Å²) in [4.78, 5) is 42.4. The van der Waals surface area contributed by atoms with Crippen molar-refractivity contribution >= 4 is 28.8 Å². The Hall–Kier alpha value is -4.73. The lowest BCUT2D eigenvalue weighted by Gasteiger charge is -2.16. The molecule has 2 aromatic carbocycles. The third-order valence-electron chi connectivity index (χ3n) is 5.29. The van der Waals surface area contributed by atoms with Crippen LogP contribution in [0.4, 0.5) is 11.4 Å². The van der Waals surface area contributed by atoms with Gasteiger partial charge in [0.2, 0.25) is 0 Å². The fourth-order valence-corrected chi connectivity index (χ4v) is 3.56. The number of nitrogens with one attached hydrogen (secondary N) is 1. The molecule has 34 heavy (non-hydrogen) atoms. The monoisotopic (exact) mass is 460 g/mol. The quantitative estimate of drug-likeness (QED) is 0.308. The minimum atomic E-state index is -0.534. The topological polar surface area (TPSA) is 124 Å². The number of nitro benzene ring substituents is 1. The fraction of sp³-hybridized carbons (Fsp3) is 0.125. The highest BCUT2D eigenvalue weighted by atomic mass is 16.6. The van der Waals surface area contributed by atoms with E-state index in [9.17, 15) is 19.7 Å². The third kappa shape index (κ3) is 4.29. The summed E-state index contributed by atoms with van der Waals surface area (Å²) in [6.07, 6.45) is 3.15. The Morgan fingerprint density at radius 3 is 2.29 bits per heavy atom. The maximum Gasteiger partial charge on any atom is 0.278 e. The molecule has 1 aliphatic heterocycles. The number of hydrogen-bond acceptors (Lipinski definition) is 8.